The van der Waals surface area contributed by atoms with Crippen molar-refractivity contribution >= 4 is 5.91 Å². The lowest BCUT2D eigenvalue weighted by Gasteiger charge is -2.13. The third-order valence-electron chi connectivity index (χ3n) is 3.95. The quantitative estimate of drug-likeness (QED) is 0.854. The van der Waals surface area contributed by atoms with Gasteiger partial charge in [0.1, 0.15) is 24.1 Å². The van der Waals surface area contributed by atoms with Crippen molar-refractivity contribution in [2.45, 2.75) is 39.5 Å². The number of ether oxygens (including phenoxy) is 2. The molecule has 1 amide bonds. The van der Waals surface area contributed by atoms with Crippen LogP contribution in [0.15, 0.2) is 35.4 Å². The maximum absolute atomic E-state index is 12.1. The van der Waals surface area contributed by atoms with E-state index >= 15 is 0 Å². The molecule has 0 aliphatic carbocycles. The SMILES string of the molecule is CCOc1cc2c(cc1CNC(=O)Cn1cccnc1=O)O[C@@H](C)C2. The van der Waals surface area contributed by atoms with Crippen molar-refractivity contribution < 1.29 is 14.3 Å². The molecule has 0 spiro atoms. The van der Waals surface area contributed by atoms with Crippen LogP contribution in [-0.4, -0.2) is 28.2 Å². The Bertz CT molecular complexity index is 831. The Hall–Kier alpha value is -2.83. The molecule has 0 unspecified atom stereocenters. The monoisotopic (exact) mass is 343 g/mol. The number of nitrogens with one attached hydrogen (secondary N) is 1. The van der Waals surface area contributed by atoms with Gasteiger partial charge in [0, 0.05) is 36.5 Å². The molecule has 132 valence electrons. The summed E-state index contributed by atoms with van der Waals surface area (Å²) in [5.41, 5.74) is 1.52. The molecule has 1 aliphatic heterocycles. The number of nitrogens with zero attached hydrogens (tertiary/aromatic N) is 2. The van der Waals surface area contributed by atoms with Gasteiger partial charge < -0.3 is 14.8 Å². The number of benzene rings is 1. The highest BCUT2D eigenvalue weighted by atomic mass is 16.5. The van der Waals surface area contributed by atoms with Crippen LogP contribution in [0.2, 0.25) is 0 Å². The van der Waals surface area contributed by atoms with Crippen molar-refractivity contribution in [2.24, 2.45) is 0 Å². The molecule has 1 aliphatic rings. The number of carbonyl (C=O) groups excluding carboxylic acids is 1. The summed E-state index contributed by atoms with van der Waals surface area (Å²) >= 11 is 0. The molecule has 7 heteroatoms. The van der Waals surface area contributed by atoms with Gasteiger partial charge in [-0.1, -0.05) is 0 Å². The molecular weight excluding hydrogens is 322 g/mol. The minimum Gasteiger partial charge on any atom is -0.494 e. The van der Waals surface area contributed by atoms with Crippen molar-refractivity contribution in [2.75, 3.05) is 6.61 Å². The Morgan fingerprint density at radius 3 is 3.08 bits per heavy atom. The summed E-state index contributed by atoms with van der Waals surface area (Å²) in [6, 6.07) is 5.51. The van der Waals surface area contributed by atoms with E-state index < -0.39 is 5.69 Å². The van der Waals surface area contributed by atoms with Crippen molar-refractivity contribution in [3.05, 3.63) is 52.2 Å². The number of carbonyl (C=O) groups is 1. The van der Waals surface area contributed by atoms with Crippen LogP contribution in [0.4, 0.5) is 0 Å². The number of amides is 1. The highest BCUT2D eigenvalue weighted by Crippen LogP contribution is 2.35. The lowest BCUT2D eigenvalue weighted by Crippen LogP contribution is -2.32. The largest absolute Gasteiger partial charge is 0.494 e. The lowest BCUT2D eigenvalue weighted by atomic mass is 10.1. The fourth-order valence-corrected chi connectivity index (χ4v) is 2.82. The third kappa shape index (κ3) is 3.99. The first-order valence-corrected chi connectivity index (χ1v) is 8.30. The van der Waals surface area contributed by atoms with E-state index in [9.17, 15) is 9.59 Å². The Labute approximate surface area is 145 Å². The van der Waals surface area contributed by atoms with Gasteiger partial charge in [0.05, 0.1) is 6.61 Å². The van der Waals surface area contributed by atoms with Crippen molar-refractivity contribution in [1.82, 2.24) is 14.9 Å². The fourth-order valence-electron chi connectivity index (χ4n) is 2.82. The lowest BCUT2D eigenvalue weighted by molar-refractivity contribution is -0.121. The summed E-state index contributed by atoms with van der Waals surface area (Å²) in [6.07, 6.45) is 3.93. The fraction of sp³-hybridized carbons (Fsp3) is 0.389. The molecule has 2 heterocycles. The van der Waals surface area contributed by atoms with E-state index in [-0.39, 0.29) is 18.6 Å². The van der Waals surface area contributed by atoms with Crippen LogP contribution < -0.4 is 20.5 Å². The van der Waals surface area contributed by atoms with Crippen LogP contribution in [0.1, 0.15) is 25.0 Å². The van der Waals surface area contributed by atoms with E-state index in [2.05, 4.69) is 10.3 Å². The third-order valence-corrected chi connectivity index (χ3v) is 3.95. The molecule has 0 saturated heterocycles. The maximum Gasteiger partial charge on any atom is 0.347 e. The summed E-state index contributed by atoms with van der Waals surface area (Å²) in [5.74, 6) is 1.31. The summed E-state index contributed by atoms with van der Waals surface area (Å²) < 4.78 is 12.7. The van der Waals surface area contributed by atoms with Crippen LogP contribution in [0.3, 0.4) is 0 Å². The Kier molecular flexibility index (Phi) is 5.02. The molecular formula is C18H21N3O4. The van der Waals surface area contributed by atoms with Gasteiger partial charge in [-0.15, -0.1) is 0 Å². The maximum atomic E-state index is 12.1. The number of aromatic nitrogens is 2. The first kappa shape index (κ1) is 17.0. The second-order valence-corrected chi connectivity index (χ2v) is 5.94. The number of rotatable bonds is 6. The molecule has 0 fully saturated rings. The summed E-state index contributed by atoms with van der Waals surface area (Å²) in [7, 11) is 0. The zero-order valence-corrected chi connectivity index (χ0v) is 14.3. The molecule has 1 atom stereocenters. The molecule has 7 nitrogen and oxygen atoms in total. The first-order valence-electron chi connectivity index (χ1n) is 8.30. The molecule has 0 saturated carbocycles. The second-order valence-electron chi connectivity index (χ2n) is 5.94. The molecule has 1 aromatic carbocycles. The van der Waals surface area contributed by atoms with Gasteiger partial charge in [-0.25, -0.2) is 9.78 Å². The molecule has 1 aromatic heterocycles. The van der Waals surface area contributed by atoms with Crippen molar-refractivity contribution in [3.63, 3.8) is 0 Å². The normalized spacial score (nSPS) is 15.4. The molecule has 0 radical (unpaired) electrons. The van der Waals surface area contributed by atoms with Gasteiger partial charge >= 0.3 is 5.69 Å². The van der Waals surface area contributed by atoms with E-state index in [0.717, 1.165) is 29.0 Å². The average molecular weight is 343 g/mol. The van der Waals surface area contributed by atoms with Crippen LogP contribution in [0, 0.1) is 0 Å². The molecule has 3 rings (SSSR count). The van der Waals surface area contributed by atoms with E-state index in [0.29, 0.717) is 13.2 Å². The standard InChI is InChI=1S/C18H21N3O4/c1-3-24-15-8-13-7-12(2)25-16(13)9-14(15)10-20-17(22)11-21-6-4-5-19-18(21)23/h4-6,8-9,12H,3,7,10-11H2,1-2H3,(H,20,22)/t12-/m0/s1. The van der Waals surface area contributed by atoms with Crippen LogP contribution in [-0.2, 0) is 24.3 Å². The highest BCUT2D eigenvalue weighted by Gasteiger charge is 2.22. The topological polar surface area (TPSA) is 82.5 Å². The smallest absolute Gasteiger partial charge is 0.347 e. The number of fused-ring (bicyclic) bond motifs is 1. The molecule has 2 aromatic rings. The zero-order valence-electron chi connectivity index (χ0n) is 14.3. The van der Waals surface area contributed by atoms with Crippen molar-refractivity contribution in [1.29, 1.82) is 0 Å². The predicted octanol–water partition coefficient (Wildman–Crippen LogP) is 1.28. The van der Waals surface area contributed by atoms with Gasteiger partial charge in [-0.3, -0.25) is 9.36 Å². The summed E-state index contributed by atoms with van der Waals surface area (Å²) in [4.78, 5) is 27.3. The Morgan fingerprint density at radius 1 is 1.48 bits per heavy atom. The predicted molar refractivity (Wildman–Crippen MR) is 91.7 cm³/mol. The van der Waals surface area contributed by atoms with Crippen LogP contribution in [0.5, 0.6) is 11.5 Å². The van der Waals surface area contributed by atoms with Gasteiger partial charge in [-0.2, -0.15) is 0 Å². The highest BCUT2D eigenvalue weighted by molar-refractivity contribution is 5.75. The summed E-state index contributed by atoms with van der Waals surface area (Å²) in [6.45, 7) is 4.71. The van der Waals surface area contributed by atoms with E-state index in [1.165, 1.54) is 17.0 Å². The summed E-state index contributed by atoms with van der Waals surface area (Å²) in [5, 5.41) is 2.81. The zero-order chi connectivity index (χ0) is 17.8. The number of hydrogen-bond donors (Lipinski definition) is 1. The van der Waals surface area contributed by atoms with E-state index in [1.807, 2.05) is 26.0 Å². The first-order chi connectivity index (χ1) is 12.1. The molecule has 25 heavy (non-hydrogen) atoms. The Balaban J connectivity index is 1.70. The van der Waals surface area contributed by atoms with Gasteiger partial charge in [0.2, 0.25) is 5.91 Å². The minimum absolute atomic E-state index is 0.0743. The average Bonchev–Trinajstić information content (AvgIpc) is 2.94. The van der Waals surface area contributed by atoms with Gasteiger partial charge in [-0.05, 0) is 32.0 Å². The second kappa shape index (κ2) is 7.38. The van der Waals surface area contributed by atoms with Gasteiger partial charge in [0.15, 0.2) is 0 Å². The minimum atomic E-state index is -0.451. The molecule has 1 N–H and O–H groups in total. The van der Waals surface area contributed by atoms with Crippen molar-refractivity contribution in [3.8, 4) is 11.5 Å². The van der Waals surface area contributed by atoms with Crippen LogP contribution in [0.25, 0.3) is 0 Å². The Morgan fingerprint density at radius 2 is 2.32 bits per heavy atom. The number of hydrogen-bond acceptors (Lipinski definition) is 5. The van der Waals surface area contributed by atoms with E-state index in [4.69, 9.17) is 9.47 Å². The molecule has 0 bridgehead atoms. The van der Waals surface area contributed by atoms with Crippen LogP contribution >= 0.6 is 0 Å². The van der Waals surface area contributed by atoms with Gasteiger partial charge in [0.25, 0.3) is 0 Å². The van der Waals surface area contributed by atoms with E-state index in [1.54, 1.807) is 6.07 Å².